The molecular formula is C25H23F2N5O3S2. The fourth-order valence-electron chi connectivity index (χ4n) is 3.82. The lowest BCUT2D eigenvalue weighted by Gasteiger charge is -2.31. The number of carbonyl (C=O) groups is 3. The van der Waals surface area contributed by atoms with Gasteiger partial charge in [-0.05, 0) is 37.1 Å². The van der Waals surface area contributed by atoms with Gasteiger partial charge in [0.25, 0.3) is 17.7 Å². The quantitative estimate of drug-likeness (QED) is 0.263. The number of carbonyl (C=O) groups excluding carboxylic acids is 3. The molecule has 12 heteroatoms. The molecule has 1 aliphatic rings. The summed E-state index contributed by atoms with van der Waals surface area (Å²) in [5.41, 5.74) is 4.75. The summed E-state index contributed by atoms with van der Waals surface area (Å²) in [6, 6.07) is 5.89. The number of piperidine rings is 1. The Labute approximate surface area is 220 Å². The van der Waals surface area contributed by atoms with E-state index in [1.807, 2.05) is 0 Å². The van der Waals surface area contributed by atoms with E-state index in [0.29, 0.717) is 48.3 Å². The second kappa shape index (κ2) is 12.1. The monoisotopic (exact) mass is 543 g/mol. The molecule has 0 spiro atoms. The van der Waals surface area contributed by atoms with E-state index in [9.17, 15) is 23.2 Å². The van der Waals surface area contributed by atoms with E-state index >= 15 is 0 Å². The molecule has 0 unspecified atom stereocenters. The summed E-state index contributed by atoms with van der Waals surface area (Å²) >= 11 is 2.79. The highest BCUT2D eigenvalue weighted by atomic mass is 32.2. The Kier molecular flexibility index (Phi) is 8.62. The Morgan fingerprint density at radius 3 is 2.54 bits per heavy atom. The lowest BCUT2D eigenvalue weighted by Crippen LogP contribution is -2.41. The third-order valence-corrected chi connectivity index (χ3v) is 7.65. The summed E-state index contributed by atoms with van der Waals surface area (Å²) in [6.07, 6.45) is 4.81. The summed E-state index contributed by atoms with van der Waals surface area (Å²) < 4.78 is 26.6. The van der Waals surface area contributed by atoms with Gasteiger partial charge < -0.3 is 4.90 Å². The molecule has 4 rings (SSSR count). The zero-order chi connectivity index (χ0) is 26.4. The Morgan fingerprint density at radius 2 is 1.84 bits per heavy atom. The lowest BCUT2D eigenvalue weighted by atomic mass is 9.97. The number of thiazole rings is 1. The Bertz CT molecular complexity index is 1300. The van der Waals surface area contributed by atoms with Crippen molar-refractivity contribution in [2.45, 2.75) is 23.8 Å². The van der Waals surface area contributed by atoms with Crippen LogP contribution >= 0.6 is 23.1 Å². The molecule has 0 radical (unpaired) electrons. The number of aromatic nitrogens is 2. The molecule has 3 heterocycles. The minimum absolute atomic E-state index is 0.0637. The molecule has 1 fully saturated rings. The van der Waals surface area contributed by atoms with Crippen molar-refractivity contribution >= 4 is 40.8 Å². The summed E-state index contributed by atoms with van der Waals surface area (Å²) in [7, 11) is 0. The predicted molar refractivity (Wildman–Crippen MR) is 136 cm³/mol. The standard InChI is InChI=1S/C25H23F2N5O3S2/c1-2-10-36-24-19(4-3-7-28-24)25(35)32-8-5-15(6-9-32)23-29-20(14-37-23)22(34)31-30-21(33)16-11-17(26)13-18(27)12-16/h2-4,7,11-15H,1,5-6,8-10H2,(H,30,33)(H,31,34). The average molecular weight is 544 g/mol. The number of likely N-dealkylation sites (tertiary alicyclic amines) is 1. The smallest absolute Gasteiger partial charge is 0.289 e. The van der Waals surface area contributed by atoms with Crippen LogP contribution in [0, 0.1) is 11.6 Å². The second-order valence-electron chi connectivity index (χ2n) is 8.16. The lowest BCUT2D eigenvalue weighted by molar-refractivity contribution is 0.0708. The number of hydrazine groups is 1. The van der Waals surface area contributed by atoms with Crippen LogP contribution in [0.4, 0.5) is 8.78 Å². The third-order valence-electron chi connectivity index (χ3n) is 5.64. The highest BCUT2D eigenvalue weighted by Gasteiger charge is 2.28. The molecule has 192 valence electrons. The summed E-state index contributed by atoms with van der Waals surface area (Å²) in [6.45, 7) is 4.80. The van der Waals surface area contributed by atoms with Crippen LogP contribution in [0.25, 0.3) is 0 Å². The highest BCUT2D eigenvalue weighted by Crippen LogP contribution is 2.31. The maximum absolute atomic E-state index is 13.3. The first kappa shape index (κ1) is 26.4. The van der Waals surface area contributed by atoms with E-state index in [-0.39, 0.29) is 23.1 Å². The normalized spacial score (nSPS) is 13.7. The van der Waals surface area contributed by atoms with E-state index in [0.717, 1.165) is 17.1 Å². The summed E-state index contributed by atoms with van der Waals surface area (Å²) in [5.74, 6) is -2.64. The molecule has 0 atom stereocenters. The van der Waals surface area contributed by atoms with Crippen LogP contribution in [0.5, 0.6) is 0 Å². The number of nitrogens with one attached hydrogen (secondary N) is 2. The molecular weight excluding hydrogens is 520 g/mol. The first-order valence-electron chi connectivity index (χ1n) is 11.4. The number of amides is 3. The van der Waals surface area contributed by atoms with Gasteiger partial charge in [0, 0.05) is 48.0 Å². The van der Waals surface area contributed by atoms with Crippen molar-refractivity contribution in [3.8, 4) is 0 Å². The van der Waals surface area contributed by atoms with Gasteiger partial charge in [-0.15, -0.1) is 29.7 Å². The fraction of sp³-hybridized carbons (Fsp3) is 0.240. The van der Waals surface area contributed by atoms with Crippen molar-refractivity contribution in [3.05, 3.63) is 88.0 Å². The van der Waals surface area contributed by atoms with Crippen molar-refractivity contribution in [2.75, 3.05) is 18.8 Å². The molecule has 1 aliphatic heterocycles. The molecule has 1 saturated heterocycles. The minimum Gasteiger partial charge on any atom is -0.339 e. The largest absolute Gasteiger partial charge is 0.339 e. The van der Waals surface area contributed by atoms with Gasteiger partial charge in [0.1, 0.15) is 22.4 Å². The van der Waals surface area contributed by atoms with E-state index in [1.165, 1.54) is 23.1 Å². The Balaban J connectivity index is 1.31. The summed E-state index contributed by atoms with van der Waals surface area (Å²) in [5, 5.41) is 3.02. The van der Waals surface area contributed by atoms with Gasteiger partial charge in [0.05, 0.1) is 10.6 Å². The SMILES string of the molecule is C=CCSc1ncccc1C(=O)N1CCC(c2nc(C(=O)NNC(=O)c3cc(F)cc(F)c3)cs2)CC1. The fourth-order valence-corrected chi connectivity index (χ4v) is 5.51. The van der Waals surface area contributed by atoms with Crippen molar-refractivity contribution in [3.63, 3.8) is 0 Å². The van der Waals surface area contributed by atoms with Crippen LogP contribution in [-0.2, 0) is 0 Å². The van der Waals surface area contributed by atoms with Gasteiger partial charge in [-0.2, -0.15) is 0 Å². The molecule has 2 aromatic heterocycles. The van der Waals surface area contributed by atoms with Gasteiger partial charge >= 0.3 is 0 Å². The number of pyridine rings is 1. The molecule has 0 aliphatic carbocycles. The van der Waals surface area contributed by atoms with Gasteiger partial charge in [0.15, 0.2) is 0 Å². The van der Waals surface area contributed by atoms with E-state index in [2.05, 4.69) is 27.4 Å². The van der Waals surface area contributed by atoms with Gasteiger partial charge in [-0.1, -0.05) is 6.08 Å². The van der Waals surface area contributed by atoms with Crippen LogP contribution < -0.4 is 10.9 Å². The van der Waals surface area contributed by atoms with Crippen LogP contribution in [0.2, 0.25) is 0 Å². The maximum Gasteiger partial charge on any atom is 0.289 e. The van der Waals surface area contributed by atoms with Crippen molar-refractivity contribution in [1.82, 2.24) is 25.7 Å². The van der Waals surface area contributed by atoms with Crippen LogP contribution in [-0.4, -0.2) is 51.4 Å². The maximum atomic E-state index is 13.3. The number of halogens is 2. The molecule has 0 bridgehead atoms. The molecule has 8 nitrogen and oxygen atoms in total. The number of thioether (sulfide) groups is 1. The zero-order valence-electron chi connectivity index (χ0n) is 19.6. The number of nitrogens with zero attached hydrogens (tertiary/aromatic N) is 3. The number of benzene rings is 1. The zero-order valence-corrected chi connectivity index (χ0v) is 21.2. The summed E-state index contributed by atoms with van der Waals surface area (Å²) in [4.78, 5) is 48.1. The first-order chi connectivity index (χ1) is 17.9. The third kappa shape index (κ3) is 6.57. The molecule has 0 saturated carbocycles. The van der Waals surface area contributed by atoms with Gasteiger partial charge in [0.2, 0.25) is 0 Å². The van der Waals surface area contributed by atoms with Crippen molar-refractivity contribution in [1.29, 1.82) is 0 Å². The average Bonchev–Trinajstić information content (AvgIpc) is 3.40. The molecule has 3 amide bonds. The van der Waals surface area contributed by atoms with Crippen LogP contribution in [0.1, 0.15) is 55.0 Å². The second-order valence-corrected chi connectivity index (χ2v) is 10.1. The molecule has 2 N–H and O–H groups in total. The van der Waals surface area contributed by atoms with Crippen LogP contribution in [0.3, 0.4) is 0 Å². The van der Waals surface area contributed by atoms with Crippen molar-refractivity contribution < 1.29 is 23.2 Å². The van der Waals surface area contributed by atoms with Crippen molar-refractivity contribution in [2.24, 2.45) is 0 Å². The van der Waals surface area contributed by atoms with Gasteiger partial charge in [-0.25, -0.2) is 18.7 Å². The van der Waals surface area contributed by atoms with E-state index in [4.69, 9.17) is 0 Å². The number of rotatable bonds is 7. The predicted octanol–water partition coefficient (Wildman–Crippen LogP) is 4.19. The molecule has 1 aromatic carbocycles. The van der Waals surface area contributed by atoms with Gasteiger partial charge in [-0.3, -0.25) is 25.2 Å². The molecule has 37 heavy (non-hydrogen) atoms. The molecule has 3 aromatic rings. The van der Waals surface area contributed by atoms with E-state index < -0.39 is 23.4 Å². The Hall–Kier alpha value is -3.64. The topological polar surface area (TPSA) is 104 Å². The Morgan fingerprint density at radius 1 is 1.14 bits per heavy atom. The van der Waals surface area contributed by atoms with E-state index in [1.54, 1.807) is 34.7 Å². The highest BCUT2D eigenvalue weighted by molar-refractivity contribution is 7.99. The van der Waals surface area contributed by atoms with Crippen LogP contribution in [0.15, 0.2) is 59.6 Å². The minimum atomic E-state index is -0.902. The number of hydrogen-bond acceptors (Lipinski definition) is 7. The number of hydrogen-bond donors (Lipinski definition) is 2. The first-order valence-corrected chi connectivity index (χ1v) is 13.2.